The number of hydrogen-bond donors (Lipinski definition) is 2. The van der Waals surface area contributed by atoms with E-state index in [0.29, 0.717) is 0 Å². The Hall–Kier alpha value is -1.85. The topological polar surface area (TPSA) is 98.2 Å². The Morgan fingerprint density at radius 3 is 2.62 bits per heavy atom. The molecule has 1 heterocycles. The van der Waals surface area contributed by atoms with Gasteiger partial charge in [-0.15, -0.1) is 0 Å². The summed E-state index contributed by atoms with van der Waals surface area (Å²) in [5.74, 6) is -0.811. The second kappa shape index (κ2) is 3.26. The lowest BCUT2D eigenvalue weighted by Gasteiger charge is -1.96. The zero-order valence-corrected chi connectivity index (χ0v) is 7.25. The van der Waals surface area contributed by atoms with Crippen LogP contribution >= 0.6 is 0 Å². The Labute approximate surface area is 74.1 Å². The molecule has 0 radical (unpaired) electrons. The molecule has 0 aliphatic carbocycles. The zero-order valence-electron chi connectivity index (χ0n) is 7.25. The van der Waals surface area contributed by atoms with E-state index >= 15 is 0 Å². The summed E-state index contributed by atoms with van der Waals surface area (Å²) in [4.78, 5) is 25.1. The number of carbonyl (C=O) groups excluding carboxylic acids is 2. The fraction of sp³-hybridized carbons (Fsp3) is 0.286. The molecule has 0 aliphatic rings. The number of nitrogens with zero attached hydrogens (tertiary/aromatic N) is 1. The van der Waals surface area contributed by atoms with Crippen LogP contribution < -0.4 is 11.1 Å². The van der Waals surface area contributed by atoms with Crippen LogP contribution in [0.5, 0.6) is 0 Å². The standard InChI is InChI=1S/C7H9N3O3/c1-3(11)9-7-5(6(8)12)10-4(2)13-7/h1-2H3,(H2,8,12)(H,9,11). The van der Waals surface area contributed by atoms with Crippen molar-refractivity contribution in [3.63, 3.8) is 0 Å². The normalized spacial score (nSPS) is 9.69. The Morgan fingerprint density at radius 2 is 2.15 bits per heavy atom. The molecule has 6 nitrogen and oxygen atoms in total. The minimum Gasteiger partial charge on any atom is -0.424 e. The first-order valence-electron chi connectivity index (χ1n) is 3.55. The van der Waals surface area contributed by atoms with Crippen molar-refractivity contribution in [2.24, 2.45) is 5.73 Å². The van der Waals surface area contributed by atoms with Crippen LogP contribution in [0.2, 0.25) is 0 Å². The van der Waals surface area contributed by atoms with Crippen LogP contribution in [0.3, 0.4) is 0 Å². The number of amides is 2. The summed E-state index contributed by atoms with van der Waals surface area (Å²) < 4.78 is 4.94. The Bertz CT molecular complexity index is 356. The Kier molecular flexibility index (Phi) is 2.32. The quantitative estimate of drug-likeness (QED) is 0.676. The molecule has 1 rings (SSSR count). The second-order valence-electron chi connectivity index (χ2n) is 2.46. The summed E-state index contributed by atoms with van der Waals surface area (Å²) in [7, 11) is 0. The van der Waals surface area contributed by atoms with E-state index < -0.39 is 5.91 Å². The molecular weight excluding hydrogens is 174 g/mol. The molecule has 2 amide bonds. The van der Waals surface area contributed by atoms with Gasteiger partial charge in [0.1, 0.15) is 0 Å². The molecule has 1 aromatic heterocycles. The molecule has 0 unspecified atom stereocenters. The highest BCUT2D eigenvalue weighted by Gasteiger charge is 2.16. The highest BCUT2D eigenvalue weighted by molar-refractivity contribution is 5.99. The first-order chi connectivity index (χ1) is 6.00. The van der Waals surface area contributed by atoms with Crippen LogP contribution in [0.4, 0.5) is 5.88 Å². The average molecular weight is 183 g/mol. The predicted molar refractivity (Wildman–Crippen MR) is 44.1 cm³/mol. The molecule has 0 saturated heterocycles. The van der Waals surface area contributed by atoms with E-state index in [4.69, 9.17) is 10.2 Å². The van der Waals surface area contributed by atoms with Crippen molar-refractivity contribution in [2.45, 2.75) is 13.8 Å². The third-order valence-corrected chi connectivity index (χ3v) is 1.26. The molecule has 0 saturated carbocycles. The number of aryl methyl sites for hydroxylation is 1. The van der Waals surface area contributed by atoms with Crippen LogP contribution in [-0.4, -0.2) is 16.8 Å². The van der Waals surface area contributed by atoms with E-state index in [1.165, 1.54) is 6.92 Å². The van der Waals surface area contributed by atoms with Crippen molar-refractivity contribution in [2.75, 3.05) is 5.32 Å². The zero-order chi connectivity index (χ0) is 10.0. The minimum atomic E-state index is -0.736. The predicted octanol–water partition coefficient (Wildman–Crippen LogP) is 0.0403. The van der Waals surface area contributed by atoms with Gasteiger partial charge in [-0.2, -0.15) is 0 Å². The lowest BCUT2D eigenvalue weighted by atomic mass is 10.4. The van der Waals surface area contributed by atoms with E-state index in [2.05, 4.69) is 10.3 Å². The lowest BCUT2D eigenvalue weighted by Crippen LogP contribution is -2.15. The maximum atomic E-state index is 10.8. The Balaban J connectivity index is 3.04. The van der Waals surface area contributed by atoms with Gasteiger partial charge < -0.3 is 10.2 Å². The largest absolute Gasteiger partial charge is 0.424 e. The number of carbonyl (C=O) groups is 2. The number of nitrogens with one attached hydrogen (secondary N) is 1. The average Bonchev–Trinajstić information content (AvgIpc) is 2.29. The van der Waals surface area contributed by atoms with Crippen LogP contribution in [0, 0.1) is 6.92 Å². The van der Waals surface area contributed by atoms with E-state index in [1.807, 2.05) is 0 Å². The van der Waals surface area contributed by atoms with Gasteiger partial charge in [0.2, 0.25) is 11.8 Å². The third kappa shape index (κ3) is 2.05. The molecular formula is C7H9N3O3. The summed E-state index contributed by atoms with van der Waals surface area (Å²) in [6.07, 6.45) is 0. The SMILES string of the molecule is CC(=O)Nc1oc(C)nc1C(N)=O. The second-order valence-corrected chi connectivity index (χ2v) is 2.46. The van der Waals surface area contributed by atoms with Crippen LogP contribution in [-0.2, 0) is 4.79 Å². The monoisotopic (exact) mass is 183 g/mol. The van der Waals surface area contributed by atoms with Crippen molar-refractivity contribution in [3.05, 3.63) is 11.6 Å². The summed E-state index contributed by atoms with van der Waals surface area (Å²) in [5.41, 5.74) is 4.93. The lowest BCUT2D eigenvalue weighted by molar-refractivity contribution is -0.114. The molecule has 0 aromatic carbocycles. The third-order valence-electron chi connectivity index (χ3n) is 1.26. The van der Waals surface area contributed by atoms with Gasteiger partial charge in [0.05, 0.1) is 0 Å². The summed E-state index contributed by atoms with van der Waals surface area (Å²) in [6, 6.07) is 0. The van der Waals surface area contributed by atoms with E-state index in [0.717, 1.165) is 0 Å². The molecule has 0 atom stereocenters. The summed E-state index contributed by atoms with van der Waals surface area (Å²) in [6.45, 7) is 2.85. The Morgan fingerprint density at radius 1 is 1.54 bits per heavy atom. The van der Waals surface area contributed by atoms with Crippen molar-refractivity contribution < 1.29 is 14.0 Å². The van der Waals surface area contributed by atoms with Gasteiger partial charge in [-0.3, -0.25) is 14.9 Å². The number of nitrogens with two attached hydrogens (primary N) is 1. The van der Waals surface area contributed by atoms with E-state index in [-0.39, 0.29) is 23.4 Å². The number of oxazole rings is 1. The highest BCUT2D eigenvalue weighted by atomic mass is 16.4. The van der Waals surface area contributed by atoms with Gasteiger partial charge in [-0.25, -0.2) is 4.98 Å². The van der Waals surface area contributed by atoms with Crippen LogP contribution in [0.25, 0.3) is 0 Å². The van der Waals surface area contributed by atoms with Gasteiger partial charge in [-0.05, 0) is 0 Å². The number of anilines is 1. The number of primary amides is 1. The fourth-order valence-corrected chi connectivity index (χ4v) is 0.839. The molecule has 0 aliphatic heterocycles. The van der Waals surface area contributed by atoms with Crippen molar-refractivity contribution in [3.8, 4) is 0 Å². The molecule has 0 fully saturated rings. The number of aromatic nitrogens is 1. The summed E-state index contributed by atoms with van der Waals surface area (Å²) >= 11 is 0. The van der Waals surface area contributed by atoms with Crippen LogP contribution in [0.1, 0.15) is 23.3 Å². The van der Waals surface area contributed by atoms with Crippen molar-refractivity contribution >= 4 is 17.7 Å². The van der Waals surface area contributed by atoms with Gasteiger partial charge in [0, 0.05) is 13.8 Å². The maximum Gasteiger partial charge on any atom is 0.273 e. The smallest absolute Gasteiger partial charge is 0.273 e. The van der Waals surface area contributed by atoms with Gasteiger partial charge in [0.15, 0.2) is 11.6 Å². The molecule has 13 heavy (non-hydrogen) atoms. The molecule has 0 bridgehead atoms. The van der Waals surface area contributed by atoms with E-state index in [9.17, 15) is 9.59 Å². The van der Waals surface area contributed by atoms with Gasteiger partial charge in [-0.1, -0.05) is 0 Å². The molecule has 3 N–H and O–H groups in total. The minimum absolute atomic E-state index is 0.00231. The first-order valence-corrected chi connectivity index (χ1v) is 3.55. The van der Waals surface area contributed by atoms with Crippen molar-refractivity contribution in [1.82, 2.24) is 4.98 Å². The number of hydrogen-bond acceptors (Lipinski definition) is 4. The highest BCUT2D eigenvalue weighted by Crippen LogP contribution is 2.15. The van der Waals surface area contributed by atoms with Crippen molar-refractivity contribution in [1.29, 1.82) is 0 Å². The van der Waals surface area contributed by atoms with Gasteiger partial charge in [0.25, 0.3) is 5.91 Å². The molecule has 0 spiro atoms. The summed E-state index contributed by atoms with van der Waals surface area (Å²) in [5, 5.41) is 2.31. The fourth-order valence-electron chi connectivity index (χ4n) is 0.839. The maximum absolute atomic E-state index is 10.8. The number of rotatable bonds is 2. The molecule has 6 heteroatoms. The molecule has 1 aromatic rings. The van der Waals surface area contributed by atoms with Crippen LogP contribution in [0.15, 0.2) is 4.42 Å². The van der Waals surface area contributed by atoms with E-state index in [1.54, 1.807) is 6.92 Å². The van der Waals surface area contributed by atoms with Gasteiger partial charge >= 0.3 is 0 Å². The first kappa shape index (κ1) is 9.24. The molecule has 70 valence electrons.